The molecule has 0 radical (unpaired) electrons. The lowest BCUT2D eigenvalue weighted by Gasteiger charge is -2.09. The van der Waals surface area contributed by atoms with Gasteiger partial charge in [0, 0.05) is 34.6 Å². The summed E-state index contributed by atoms with van der Waals surface area (Å²) in [5.74, 6) is -0.739. The van der Waals surface area contributed by atoms with Crippen molar-refractivity contribution in [2.24, 2.45) is 0 Å². The minimum Gasteiger partial charge on any atom is -0.322 e. The molecule has 0 fully saturated rings. The first-order valence-electron chi connectivity index (χ1n) is 8.46. The highest BCUT2D eigenvalue weighted by Gasteiger charge is 2.12. The topological polar surface area (TPSA) is 101 Å². The molecule has 3 aromatic rings. The molecular formula is C21H17N3O4. The Bertz CT molecular complexity index is 1060. The van der Waals surface area contributed by atoms with Crippen molar-refractivity contribution in [2.75, 3.05) is 10.6 Å². The van der Waals surface area contributed by atoms with Gasteiger partial charge >= 0.3 is 0 Å². The van der Waals surface area contributed by atoms with Crippen molar-refractivity contribution < 1.29 is 14.5 Å². The van der Waals surface area contributed by atoms with E-state index in [0.717, 1.165) is 5.56 Å². The van der Waals surface area contributed by atoms with Gasteiger partial charge in [-0.05, 0) is 43.3 Å². The zero-order valence-electron chi connectivity index (χ0n) is 15.0. The Labute approximate surface area is 161 Å². The molecule has 7 nitrogen and oxygen atoms in total. The molecule has 0 aliphatic heterocycles. The zero-order chi connectivity index (χ0) is 20.1. The summed E-state index contributed by atoms with van der Waals surface area (Å²) in [6, 6.07) is 19.3. The third-order valence-corrected chi connectivity index (χ3v) is 3.98. The number of carbonyl (C=O) groups is 2. The normalized spacial score (nSPS) is 10.2. The lowest BCUT2D eigenvalue weighted by molar-refractivity contribution is -0.384. The van der Waals surface area contributed by atoms with Crippen LogP contribution in [0.15, 0.2) is 72.8 Å². The van der Waals surface area contributed by atoms with E-state index in [9.17, 15) is 19.7 Å². The average Bonchev–Trinajstić information content (AvgIpc) is 2.68. The second kappa shape index (κ2) is 8.13. The molecule has 0 unspecified atom stereocenters. The largest absolute Gasteiger partial charge is 0.322 e. The molecule has 0 aromatic heterocycles. The predicted octanol–water partition coefficient (Wildman–Crippen LogP) is 4.41. The molecule has 3 rings (SSSR count). The maximum atomic E-state index is 12.4. The van der Waals surface area contributed by atoms with Gasteiger partial charge in [0.2, 0.25) is 0 Å². The number of hydrogen-bond acceptors (Lipinski definition) is 4. The van der Waals surface area contributed by atoms with Crippen molar-refractivity contribution >= 4 is 28.9 Å². The molecule has 0 aliphatic rings. The highest BCUT2D eigenvalue weighted by molar-refractivity contribution is 6.06. The SMILES string of the molecule is Cc1cccc(C(=O)Nc2cccc(NC(=O)c3cccc([N+](=O)[O-])c3)c2)c1. The first kappa shape index (κ1) is 18.8. The van der Waals surface area contributed by atoms with Gasteiger partial charge in [0.25, 0.3) is 17.5 Å². The van der Waals surface area contributed by atoms with E-state index in [4.69, 9.17) is 0 Å². The molecule has 2 amide bonds. The summed E-state index contributed by atoms with van der Waals surface area (Å²) in [4.78, 5) is 35.0. The smallest absolute Gasteiger partial charge is 0.270 e. The number of carbonyl (C=O) groups excluding carboxylic acids is 2. The first-order valence-corrected chi connectivity index (χ1v) is 8.46. The van der Waals surface area contributed by atoms with Gasteiger partial charge in [0.15, 0.2) is 0 Å². The van der Waals surface area contributed by atoms with Crippen LogP contribution in [0.5, 0.6) is 0 Å². The molecule has 0 spiro atoms. The Morgan fingerprint density at radius 2 is 1.32 bits per heavy atom. The lowest BCUT2D eigenvalue weighted by atomic mass is 10.1. The van der Waals surface area contributed by atoms with Crippen LogP contribution in [0.25, 0.3) is 0 Å². The minimum atomic E-state index is -0.557. The molecule has 140 valence electrons. The maximum Gasteiger partial charge on any atom is 0.270 e. The summed E-state index contributed by atoms with van der Waals surface area (Å²) in [5.41, 5.74) is 2.49. The summed E-state index contributed by atoms with van der Waals surface area (Å²) in [6.45, 7) is 1.90. The van der Waals surface area contributed by atoms with Crippen molar-refractivity contribution in [3.63, 3.8) is 0 Å². The quantitative estimate of drug-likeness (QED) is 0.509. The van der Waals surface area contributed by atoms with Crippen LogP contribution in [0.3, 0.4) is 0 Å². The Balaban J connectivity index is 1.73. The summed E-state index contributed by atoms with van der Waals surface area (Å²) in [7, 11) is 0. The molecule has 7 heteroatoms. The van der Waals surface area contributed by atoms with Crippen LogP contribution in [0, 0.1) is 17.0 Å². The highest BCUT2D eigenvalue weighted by Crippen LogP contribution is 2.19. The standard InChI is InChI=1S/C21H17N3O4/c1-14-5-2-6-15(11-14)20(25)22-17-8-4-9-18(13-17)23-21(26)16-7-3-10-19(12-16)24(27)28/h2-13H,1H3,(H,22,25)(H,23,26). The number of benzene rings is 3. The van der Waals surface area contributed by atoms with Crippen LogP contribution in [-0.4, -0.2) is 16.7 Å². The molecular weight excluding hydrogens is 358 g/mol. The van der Waals surface area contributed by atoms with Gasteiger partial charge in [0.1, 0.15) is 0 Å². The van der Waals surface area contributed by atoms with E-state index in [1.54, 1.807) is 42.5 Å². The second-order valence-corrected chi connectivity index (χ2v) is 6.17. The molecule has 3 aromatic carbocycles. The molecule has 0 bridgehead atoms. The fraction of sp³-hybridized carbons (Fsp3) is 0.0476. The number of hydrogen-bond donors (Lipinski definition) is 2. The Morgan fingerprint density at radius 1 is 0.786 bits per heavy atom. The van der Waals surface area contributed by atoms with Crippen molar-refractivity contribution in [2.45, 2.75) is 6.92 Å². The molecule has 2 N–H and O–H groups in total. The van der Waals surface area contributed by atoms with Crippen LogP contribution in [0.2, 0.25) is 0 Å². The molecule has 0 atom stereocenters. The van der Waals surface area contributed by atoms with Gasteiger partial charge < -0.3 is 10.6 Å². The first-order chi connectivity index (χ1) is 13.4. The van der Waals surface area contributed by atoms with Crippen molar-refractivity contribution in [1.82, 2.24) is 0 Å². The monoisotopic (exact) mass is 375 g/mol. The van der Waals surface area contributed by atoms with E-state index in [2.05, 4.69) is 10.6 Å². The van der Waals surface area contributed by atoms with Crippen molar-refractivity contribution in [1.29, 1.82) is 0 Å². The fourth-order valence-corrected chi connectivity index (χ4v) is 2.63. The summed E-state index contributed by atoms with van der Waals surface area (Å²) in [5, 5.41) is 16.3. The number of nitrogens with zero attached hydrogens (tertiary/aromatic N) is 1. The number of nitro benzene ring substituents is 1. The van der Waals surface area contributed by atoms with E-state index >= 15 is 0 Å². The number of nitro groups is 1. The zero-order valence-corrected chi connectivity index (χ0v) is 15.0. The Kier molecular flexibility index (Phi) is 5.45. The van der Waals surface area contributed by atoms with Gasteiger partial charge in [-0.25, -0.2) is 0 Å². The number of nitrogens with one attached hydrogen (secondary N) is 2. The third-order valence-electron chi connectivity index (χ3n) is 3.98. The lowest BCUT2D eigenvalue weighted by Crippen LogP contribution is -2.14. The Hall–Kier alpha value is -4.00. The highest BCUT2D eigenvalue weighted by atomic mass is 16.6. The van der Waals surface area contributed by atoms with E-state index < -0.39 is 10.8 Å². The number of amides is 2. The van der Waals surface area contributed by atoms with Gasteiger partial charge in [-0.3, -0.25) is 19.7 Å². The summed E-state index contributed by atoms with van der Waals surface area (Å²) < 4.78 is 0. The minimum absolute atomic E-state index is 0.160. The molecule has 0 heterocycles. The van der Waals surface area contributed by atoms with Crippen LogP contribution in [-0.2, 0) is 0 Å². The van der Waals surface area contributed by atoms with Crippen molar-refractivity contribution in [3.8, 4) is 0 Å². The number of non-ortho nitro benzene ring substituents is 1. The van der Waals surface area contributed by atoms with E-state index in [1.807, 2.05) is 13.0 Å². The van der Waals surface area contributed by atoms with Gasteiger partial charge in [-0.15, -0.1) is 0 Å². The van der Waals surface area contributed by atoms with E-state index in [0.29, 0.717) is 16.9 Å². The maximum absolute atomic E-state index is 12.4. The number of rotatable bonds is 5. The fourth-order valence-electron chi connectivity index (χ4n) is 2.63. The summed E-state index contributed by atoms with van der Waals surface area (Å²) in [6.07, 6.45) is 0. The van der Waals surface area contributed by atoms with Gasteiger partial charge in [-0.1, -0.05) is 29.8 Å². The predicted molar refractivity (Wildman–Crippen MR) is 107 cm³/mol. The second-order valence-electron chi connectivity index (χ2n) is 6.17. The third kappa shape index (κ3) is 4.59. The molecule has 0 saturated carbocycles. The summed E-state index contributed by atoms with van der Waals surface area (Å²) >= 11 is 0. The number of anilines is 2. The van der Waals surface area contributed by atoms with Crippen LogP contribution < -0.4 is 10.6 Å². The van der Waals surface area contributed by atoms with E-state index in [1.165, 1.54) is 24.3 Å². The average molecular weight is 375 g/mol. The van der Waals surface area contributed by atoms with Crippen LogP contribution >= 0.6 is 0 Å². The van der Waals surface area contributed by atoms with Crippen LogP contribution in [0.4, 0.5) is 17.1 Å². The van der Waals surface area contributed by atoms with E-state index in [-0.39, 0.29) is 17.2 Å². The van der Waals surface area contributed by atoms with Gasteiger partial charge in [-0.2, -0.15) is 0 Å². The Morgan fingerprint density at radius 3 is 1.89 bits per heavy atom. The number of aryl methyl sites for hydroxylation is 1. The molecule has 28 heavy (non-hydrogen) atoms. The molecule has 0 aliphatic carbocycles. The van der Waals surface area contributed by atoms with Gasteiger partial charge in [0.05, 0.1) is 4.92 Å². The molecule has 0 saturated heterocycles. The van der Waals surface area contributed by atoms with Crippen molar-refractivity contribution in [3.05, 3.63) is 99.6 Å². The van der Waals surface area contributed by atoms with Crippen LogP contribution in [0.1, 0.15) is 26.3 Å².